The van der Waals surface area contributed by atoms with Gasteiger partial charge in [-0.05, 0) is 40.7 Å². The first kappa shape index (κ1) is 14.8. The molecule has 2 rings (SSSR count). The molecule has 1 unspecified atom stereocenters. The predicted molar refractivity (Wildman–Crippen MR) is 76.5 cm³/mol. The van der Waals surface area contributed by atoms with Gasteiger partial charge in [-0.3, -0.25) is 0 Å². The fourth-order valence-electron chi connectivity index (χ4n) is 2.37. The zero-order valence-corrected chi connectivity index (χ0v) is 12.9. The standard InChI is InChI=1S/C14H24N4O2/c1-10-16-11(8-18(10)5)14(6-7-15-9-14)17-12(19)20-13(2,3)4/h8,15H,6-7,9H2,1-5H3,(H,17,19). The molecule has 1 atom stereocenters. The molecule has 1 aliphatic heterocycles. The van der Waals surface area contributed by atoms with Gasteiger partial charge in [0, 0.05) is 19.8 Å². The van der Waals surface area contributed by atoms with E-state index in [0.717, 1.165) is 24.5 Å². The van der Waals surface area contributed by atoms with Crippen LogP contribution in [0.4, 0.5) is 4.79 Å². The van der Waals surface area contributed by atoms with Crippen molar-refractivity contribution in [3.63, 3.8) is 0 Å². The molecule has 1 saturated heterocycles. The first-order valence-corrected chi connectivity index (χ1v) is 6.94. The number of nitrogens with zero attached hydrogens (tertiary/aromatic N) is 2. The summed E-state index contributed by atoms with van der Waals surface area (Å²) in [4.78, 5) is 16.7. The van der Waals surface area contributed by atoms with E-state index in [1.807, 2.05) is 45.5 Å². The summed E-state index contributed by atoms with van der Waals surface area (Å²) in [5.74, 6) is 0.928. The fourth-order valence-corrected chi connectivity index (χ4v) is 2.37. The van der Waals surface area contributed by atoms with Crippen LogP contribution in [0.1, 0.15) is 38.7 Å². The van der Waals surface area contributed by atoms with Crippen molar-refractivity contribution >= 4 is 6.09 Å². The number of hydrogen-bond acceptors (Lipinski definition) is 4. The van der Waals surface area contributed by atoms with Gasteiger partial charge in [-0.2, -0.15) is 0 Å². The molecule has 2 heterocycles. The second-order valence-corrected chi connectivity index (χ2v) is 6.42. The van der Waals surface area contributed by atoms with Crippen LogP contribution < -0.4 is 10.6 Å². The lowest BCUT2D eigenvalue weighted by molar-refractivity contribution is 0.0458. The normalized spacial score (nSPS) is 22.9. The predicted octanol–water partition coefficient (Wildman–Crippen LogP) is 1.44. The largest absolute Gasteiger partial charge is 0.444 e. The molecule has 6 heteroatoms. The van der Waals surface area contributed by atoms with E-state index in [1.165, 1.54) is 0 Å². The molecule has 112 valence electrons. The monoisotopic (exact) mass is 280 g/mol. The summed E-state index contributed by atoms with van der Waals surface area (Å²) in [6, 6.07) is 0. The fraction of sp³-hybridized carbons (Fsp3) is 0.714. The van der Waals surface area contributed by atoms with Crippen molar-refractivity contribution in [3.8, 4) is 0 Å². The molecular formula is C14H24N4O2. The molecule has 2 N–H and O–H groups in total. The molecule has 1 fully saturated rings. The van der Waals surface area contributed by atoms with Gasteiger partial charge in [0.05, 0.1) is 5.69 Å². The average molecular weight is 280 g/mol. The molecule has 0 bridgehead atoms. The molecule has 1 amide bonds. The van der Waals surface area contributed by atoms with E-state index >= 15 is 0 Å². The molecule has 1 aromatic rings. The molecule has 6 nitrogen and oxygen atoms in total. The summed E-state index contributed by atoms with van der Waals surface area (Å²) in [6.07, 6.45) is 2.38. The number of hydrogen-bond donors (Lipinski definition) is 2. The molecule has 1 aromatic heterocycles. The van der Waals surface area contributed by atoms with Crippen LogP contribution in [0.15, 0.2) is 6.20 Å². The van der Waals surface area contributed by atoms with Crippen LogP contribution >= 0.6 is 0 Å². The smallest absolute Gasteiger partial charge is 0.408 e. The summed E-state index contributed by atoms with van der Waals surface area (Å²) >= 11 is 0. The number of aromatic nitrogens is 2. The maximum absolute atomic E-state index is 12.1. The Balaban J connectivity index is 2.20. The third-order valence-electron chi connectivity index (χ3n) is 3.49. The highest BCUT2D eigenvalue weighted by Crippen LogP contribution is 2.27. The third kappa shape index (κ3) is 3.12. The lowest BCUT2D eigenvalue weighted by Gasteiger charge is -2.29. The Morgan fingerprint density at radius 3 is 2.70 bits per heavy atom. The SMILES string of the molecule is Cc1nc(C2(NC(=O)OC(C)(C)C)CCNC2)cn1C. The number of rotatable bonds is 2. The van der Waals surface area contributed by atoms with E-state index in [-0.39, 0.29) is 0 Å². The number of imidazole rings is 1. The Labute approximate surface area is 119 Å². The minimum atomic E-state index is -0.503. The Morgan fingerprint density at radius 2 is 2.25 bits per heavy atom. The molecule has 0 spiro atoms. The van der Waals surface area contributed by atoms with E-state index in [4.69, 9.17) is 4.74 Å². The van der Waals surface area contributed by atoms with Crippen LogP contribution in [0.25, 0.3) is 0 Å². The molecule has 0 aliphatic carbocycles. The number of nitrogens with one attached hydrogen (secondary N) is 2. The van der Waals surface area contributed by atoms with Gasteiger partial charge >= 0.3 is 6.09 Å². The zero-order valence-electron chi connectivity index (χ0n) is 12.9. The number of amides is 1. The van der Waals surface area contributed by atoms with E-state index in [9.17, 15) is 4.79 Å². The minimum absolute atomic E-state index is 0.399. The van der Waals surface area contributed by atoms with E-state index < -0.39 is 17.2 Å². The Morgan fingerprint density at radius 1 is 1.55 bits per heavy atom. The van der Waals surface area contributed by atoms with Gasteiger partial charge in [-0.1, -0.05) is 0 Å². The van der Waals surface area contributed by atoms with E-state index in [2.05, 4.69) is 15.6 Å². The Hall–Kier alpha value is -1.56. The van der Waals surface area contributed by atoms with E-state index in [0.29, 0.717) is 6.54 Å². The molecule has 0 saturated carbocycles. The Kier molecular flexibility index (Phi) is 3.77. The molecule has 20 heavy (non-hydrogen) atoms. The van der Waals surface area contributed by atoms with Crippen LogP contribution in [0.2, 0.25) is 0 Å². The molecule has 0 aromatic carbocycles. The average Bonchev–Trinajstić information content (AvgIpc) is 2.85. The maximum atomic E-state index is 12.1. The third-order valence-corrected chi connectivity index (χ3v) is 3.49. The quantitative estimate of drug-likeness (QED) is 0.860. The minimum Gasteiger partial charge on any atom is -0.444 e. The first-order valence-electron chi connectivity index (χ1n) is 6.94. The second-order valence-electron chi connectivity index (χ2n) is 6.42. The summed E-state index contributed by atoms with van der Waals surface area (Å²) in [7, 11) is 1.95. The van der Waals surface area contributed by atoms with Gasteiger partial charge in [0.15, 0.2) is 0 Å². The number of alkyl carbamates (subject to hydrolysis) is 1. The van der Waals surface area contributed by atoms with Gasteiger partial charge in [-0.25, -0.2) is 9.78 Å². The van der Waals surface area contributed by atoms with E-state index in [1.54, 1.807) is 0 Å². The highest BCUT2D eigenvalue weighted by molar-refractivity contribution is 5.69. The first-order chi connectivity index (χ1) is 9.22. The van der Waals surface area contributed by atoms with Crippen molar-refractivity contribution in [1.82, 2.24) is 20.2 Å². The molecule has 0 radical (unpaired) electrons. The van der Waals surface area contributed by atoms with Crippen molar-refractivity contribution in [1.29, 1.82) is 0 Å². The zero-order chi connectivity index (χ0) is 15.0. The van der Waals surface area contributed by atoms with Crippen LogP contribution in [0, 0.1) is 6.92 Å². The van der Waals surface area contributed by atoms with Crippen LogP contribution in [0.5, 0.6) is 0 Å². The van der Waals surface area contributed by atoms with Gasteiger partial charge in [0.2, 0.25) is 0 Å². The second kappa shape index (κ2) is 5.09. The van der Waals surface area contributed by atoms with Crippen molar-refractivity contribution in [2.24, 2.45) is 7.05 Å². The van der Waals surface area contributed by atoms with Gasteiger partial charge in [0.25, 0.3) is 0 Å². The van der Waals surface area contributed by atoms with Crippen LogP contribution in [-0.2, 0) is 17.3 Å². The lowest BCUT2D eigenvalue weighted by Crippen LogP contribution is -2.49. The number of carbonyl (C=O) groups is 1. The lowest BCUT2D eigenvalue weighted by atomic mass is 9.95. The van der Waals surface area contributed by atoms with Crippen molar-refractivity contribution in [2.75, 3.05) is 13.1 Å². The van der Waals surface area contributed by atoms with Gasteiger partial charge in [-0.15, -0.1) is 0 Å². The highest BCUT2D eigenvalue weighted by Gasteiger charge is 2.40. The number of aryl methyl sites for hydroxylation is 2. The number of carbonyl (C=O) groups excluding carboxylic acids is 1. The maximum Gasteiger partial charge on any atom is 0.408 e. The Bertz CT molecular complexity index is 476. The summed E-state index contributed by atoms with van der Waals surface area (Å²) in [5.41, 5.74) is -0.0977. The van der Waals surface area contributed by atoms with Crippen LogP contribution in [-0.4, -0.2) is 34.3 Å². The van der Waals surface area contributed by atoms with Gasteiger partial charge in [0.1, 0.15) is 17.0 Å². The molecular weight excluding hydrogens is 256 g/mol. The van der Waals surface area contributed by atoms with Crippen molar-refractivity contribution < 1.29 is 9.53 Å². The van der Waals surface area contributed by atoms with Gasteiger partial charge < -0.3 is 19.9 Å². The highest BCUT2D eigenvalue weighted by atomic mass is 16.6. The van der Waals surface area contributed by atoms with Crippen LogP contribution in [0.3, 0.4) is 0 Å². The summed E-state index contributed by atoms with van der Waals surface area (Å²) < 4.78 is 7.34. The number of ether oxygens (including phenoxy) is 1. The summed E-state index contributed by atoms with van der Waals surface area (Å²) in [5, 5.41) is 6.30. The van der Waals surface area contributed by atoms with Crippen molar-refractivity contribution in [3.05, 3.63) is 17.7 Å². The topological polar surface area (TPSA) is 68.2 Å². The summed E-state index contributed by atoms with van der Waals surface area (Å²) in [6.45, 7) is 9.05. The molecule has 1 aliphatic rings. The van der Waals surface area contributed by atoms with Crippen molar-refractivity contribution in [2.45, 2.75) is 45.3 Å².